The van der Waals surface area contributed by atoms with Gasteiger partial charge in [-0.1, -0.05) is 23.6 Å². The van der Waals surface area contributed by atoms with E-state index >= 15 is 4.39 Å². The van der Waals surface area contributed by atoms with E-state index in [2.05, 4.69) is 22.3 Å². The zero-order chi connectivity index (χ0) is 39.5. The Morgan fingerprint density at radius 2 is 1.72 bits per heavy atom. The summed E-state index contributed by atoms with van der Waals surface area (Å²) >= 11 is 6.51. The van der Waals surface area contributed by atoms with Crippen molar-refractivity contribution in [1.82, 2.24) is 20.1 Å². The highest BCUT2D eigenvalue weighted by molar-refractivity contribution is 7.93. The second kappa shape index (κ2) is 14.3. The number of nitrogens with zero attached hydrogens (tertiary/aromatic N) is 3. The highest BCUT2D eigenvalue weighted by Gasteiger charge is 2.45. The molecule has 288 valence electrons. The number of carbonyl (C=O) groups is 1. The van der Waals surface area contributed by atoms with Crippen molar-refractivity contribution in [2.24, 2.45) is 0 Å². The van der Waals surface area contributed by atoms with E-state index in [1.165, 1.54) is 26.0 Å². The number of nitrogens with one attached hydrogen (secondary N) is 1. The van der Waals surface area contributed by atoms with Gasteiger partial charge in [0.05, 0.1) is 32.9 Å². The molecule has 0 saturated heterocycles. The Hall–Kier alpha value is -4.42. The molecule has 0 bridgehead atoms. The quantitative estimate of drug-likeness (QED) is 0.129. The number of nitrogen functional groups attached to an aromatic ring is 1. The fourth-order valence-corrected chi connectivity index (χ4v) is 8.83. The van der Waals surface area contributed by atoms with Crippen LogP contribution in [0.5, 0.6) is 0 Å². The molecular weight excluding hydrogens is 753 g/mol. The van der Waals surface area contributed by atoms with Gasteiger partial charge in [-0.05, 0) is 114 Å². The minimum absolute atomic E-state index is 0.00471. The standard InChI is InChI=1S/C38H39ClF5N5O4S/c1-37(2,3)53-36(50)47-28(17-19-15-20(40)18-21(41)16-19)31-29(25-11-12-26(39)30-32(25)49(48-35(30)45)34(44)33(42)43)24-8-6-7-23(24)27(46-31)13-14-38(4,5)54(51,52)22-9-10-22/h11-12,15-16,18,22,28,33-34H,6-10,17H2,1-5H3,(H2,45,48)(H,47,50)/t28-,34?/m0/s1. The summed E-state index contributed by atoms with van der Waals surface area (Å²) in [5, 5.41) is 6.17. The second-order valence-electron chi connectivity index (χ2n) is 15.1. The molecule has 2 aliphatic carbocycles. The minimum atomic E-state index is -3.63. The van der Waals surface area contributed by atoms with Gasteiger partial charge in [0.2, 0.25) is 0 Å². The summed E-state index contributed by atoms with van der Waals surface area (Å²) in [5.41, 5.74) is 7.01. The van der Waals surface area contributed by atoms with Gasteiger partial charge in [-0.15, -0.1) is 0 Å². The van der Waals surface area contributed by atoms with E-state index in [4.69, 9.17) is 27.1 Å². The first-order valence-electron chi connectivity index (χ1n) is 17.3. The van der Waals surface area contributed by atoms with Crippen LogP contribution in [0.15, 0.2) is 30.3 Å². The molecule has 1 saturated carbocycles. The Kier molecular flexibility index (Phi) is 10.4. The third kappa shape index (κ3) is 7.73. The second-order valence-corrected chi connectivity index (χ2v) is 18.3. The molecule has 9 nitrogen and oxygen atoms in total. The van der Waals surface area contributed by atoms with E-state index in [1.807, 2.05) is 0 Å². The van der Waals surface area contributed by atoms with Crippen molar-refractivity contribution in [2.45, 2.75) is 108 Å². The molecule has 3 N–H and O–H groups in total. The van der Waals surface area contributed by atoms with Gasteiger partial charge in [0.25, 0.3) is 12.7 Å². The molecule has 0 spiro atoms. The Labute approximate surface area is 314 Å². The maximum Gasteiger partial charge on any atom is 0.408 e. The number of rotatable bonds is 9. The first-order valence-corrected chi connectivity index (χ1v) is 19.3. The predicted octanol–water partition coefficient (Wildman–Crippen LogP) is 8.35. The smallest absolute Gasteiger partial charge is 0.408 e. The highest BCUT2D eigenvalue weighted by atomic mass is 35.5. The van der Waals surface area contributed by atoms with Crippen LogP contribution in [0.25, 0.3) is 22.0 Å². The molecule has 2 aromatic carbocycles. The number of alkyl halides is 3. The van der Waals surface area contributed by atoms with Crippen LogP contribution in [0.4, 0.5) is 32.6 Å². The van der Waals surface area contributed by atoms with Gasteiger partial charge < -0.3 is 15.8 Å². The molecule has 4 aromatic rings. The number of halogens is 6. The number of hydrogen-bond donors (Lipinski definition) is 2. The molecule has 0 radical (unpaired) electrons. The van der Waals surface area contributed by atoms with Crippen molar-refractivity contribution in [3.63, 3.8) is 0 Å². The summed E-state index contributed by atoms with van der Waals surface area (Å²) in [6, 6.07) is 4.54. The number of anilines is 1. The van der Waals surface area contributed by atoms with E-state index in [0.717, 1.165) is 12.1 Å². The van der Waals surface area contributed by atoms with Crippen molar-refractivity contribution in [3.8, 4) is 23.0 Å². The number of pyridine rings is 1. The Morgan fingerprint density at radius 3 is 2.33 bits per heavy atom. The van der Waals surface area contributed by atoms with Crippen LogP contribution in [0, 0.1) is 23.5 Å². The molecule has 2 aliphatic rings. The topological polar surface area (TPSA) is 129 Å². The van der Waals surface area contributed by atoms with Crippen molar-refractivity contribution < 1.29 is 39.9 Å². The molecular formula is C38H39ClF5N5O4S. The summed E-state index contributed by atoms with van der Waals surface area (Å²) in [6.45, 7) is 7.95. The summed E-state index contributed by atoms with van der Waals surface area (Å²) in [4.78, 5) is 18.4. The zero-order valence-corrected chi connectivity index (χ0v) is 31.7. The Morgan fingerprint density at radius 1 is 1.07 bits per heavy atom. The Bertz CT molecular complexity index is 2310. The molecule has 16 heteroatoms. The first kappa shape index (κ1) is 39.3. The highest BCUT2D eigenvalue weighted by Crippen LogP contribution is 2.45. The van der Waals surface area contributed by atoms with Crippen LogP contribution in [0.2, 0.25) is 5.02 Å². The molecule has 54 heavy (non-hydrogen) atoms. The fraction of sp³-hybridized carbons (Fsp3) is 0.447. The molecule has 1 fully saturated rings. The number of sulfone groups is 1. The van der Waals surface area contributed by atoms with Crippen LogP contribution in [-0.4, -0.2) is 51.3 Å². The summed E-state index contributed by atoms with van der Waals surface area (Å²) in [5.74, 6) is 3.83. The van der Waals surface area contributed by atoms with E-state index in [1.54, 1.807) is 20.8 Å². The largest absolute Gasteiger partial charge is 0.444 e. The summed E-state index contributed by atoms with van der Waals surface area (Å²) < 4.78 is 104. The number of fused-ring (bicyclic) bond motifs is 2. The maximum atomic E-state index is 15.3. The predicted molar refractivity (Wildman–Crippen MR) is 196 cm³/mol. The molecule has 2 heterocycles. The lowest BCUT2D eigenvalue weighted by atomic mass is 9.88. The van der Waals surface area contributed by atoms with Gasteiger partial charge in [0, 0.05) is 17.2 Å². The molecule has 1 unspecified atom stereocenters. The van der Waals surface area contributed by atoms with Gasteiger partial charge in [-0.25, -0.2) is 44.8 Å². The fourth-order valence-electron chi connectivity index (χ4n) is 6.79. The number of nitrogens with two attached hydrogens (primary N) is 1. The van der Waals surface area contributed by atoms with Crippen molar-refractivity contribution >= 4 is 44.3 Å². The number of ether oxygens (including phenoxy) is 1. The molecule has 1 amide bonds. The summed E-state index contributed by atoms with van der Waals surface area (Å²) in [6.07, 6.45) is -5.13. The lowest BCUT2D eigenvalue weighted by Crippen LogP contribution is -2.36. The number of carbonyl (C=O) groups excluding carboxylic acids is 1. The number of alkyl carbamates (subject to hydrolysis) is 1. The molecule has 0 aliphatic heterocycles. The zero-order valence-electron chi connectivity index (χ0n) is 30.2. The van der Waals surface area contributed by atoms with Crippen molar-refractivity contribution in [3.05, 3.63) is 75.1 Å². The Balaban J connectivity index is 1.68. The number of aromatic nitrogens is 3. The van der Waals surface area contributed by atoms with Gasteiger partial charge in [-0.2, -0.15) is 5.10 Å². The summed E-state index contributed by atoms with van der Waals surface area (Å²) in [7, 11) is -3.63. The third-order valence-corrected chi connectivity index (χ3v) is 12.6. The van der Waals surface area contributed by atoms with Gasteiger partial charge in [0.15, 0.2) is 15.7 Å². The molecule has 2 atom stereocenters. The normalized spacial score (nSPS) is 15.9. The van der Waals surface area contributed by atoms with Gasteiger partial charge in [-0.3, -0.25) is 0 Å². The lowest BCUT2D eigenvalue weighted by molar-refractivity contribution is 0.00366. The number of benzene rings is 2. The van der Waals surface area contributed by atoms with E-state index in [9.17, 15) is 30.8 Å². The maximum absolute atomic E-state index is 15.3. The average Bonchev–Trinajstić information content (AvgIpc) is 3.71. The first-order chi connectivity index (χ1) is 25.2. The third-order valence-electron chi connectivity index (χ3n) is 9.37. The minimum Gasteiger partial charge on any atom is -0.444 e. The van der Waals surface area contributed by atoms with Crippen molar-refractivity contribution in [1.29, 1.82) is 0 Å². The van der Waals surface area contributed by atoms with Gasteiger partial charge >= 0.3 is 6.09 Å². The van der Waals surface area contributed by atoms with Crippen LogP contribution >= 0.6 is 11.6 Å². The number of amides is 1. The van der Waals surface area contributed by atoms with Crippen LogP contribution in [0.1, 0.15) is 94.3 Å². The van der Waals surface area contributed by atoms with Crippen LogP contribution in [0.3, 0.4) is 0 Å². The lowest BCUT2D eigenvalue weighted by Gasteiger charge is -2.27. The number of hydrogen-bond acceptors (Lipinski definition) is 7. The van der Waals surface area contributed by atoms with E-state index < -0.39 is 61.9 Å². The van der Waals surface area contributed by atoms with E-state index in [0.29, 0.717) is 54.0 Å². The van der Waals surface area contributed by atoms with Crippen molar-refractivity contribution in [2.75, 3.05) is 5.73 Å². The monoisotopic (exact) mass is 791 g/mol. The molecule has 2 aromatic heterocycles. The molecule has 6 rings (SSSR count). The van der Waals surface area contributed by atoms with Crippen LogP contribution in [-0.2, 0) is 33.8 Å². The van der Waals surface area contributed by atoms with E-state index in [-0.39, 0.29) is 56.2 Å². The van der Waals surface area contributed by atoms with Crippen LogP contribution < -0.4 is 11.1 Å². The average molecular weight is 792 g/mol. The SMILES string of the molecule is CC(C)(C)OC(=O)N[C@@H](Cc1cc(F)cc(F)c1)c1nc(C#CC(C)(C)S(=O)(=O)C2CC2)c2c(c1-c1ccc(Cl)c3c(N)nn(C(F)C(F)F)c13)CCC2. The van der Waals surface area contributed by atoms with Gasteiger partial charge in [0.1, 0.15) is 27.7 Å².